The van der Waals surface area contributed by atoms with Crippen molar-refractivity contribution in [3.05, 3.63) is 72.2 Å². The highest BCUT2D eigenvalue weighted by Crippen LogP contribution is 2.26. The molecule has 22 heavy (non-hydrogen) atoms. The first kappa shape index (κ1) is 12.9. The summed E-state index contributed by atoms with van der Waals surface area (Å²) in [6.07, 6.45) is 4.76. The largest absolute Gasteiger partial charge is 0.497 e. The fraction of sp³-hybridized carbons (Fsp3) is 0.105. The minimum atomic E-state index is 0.813. The van der Waals surface area contributed by atoms with E-state index in [2.05, 4.69) is 46.5 Å². The summed E-state index contributed by atoms with van der Waals surface area (Å²) in [6, 6.07) is 16.5. The molecule has 1 N–H and O–H groups in total. The molecule has 0 radical (unpaired) electrons. The van der Waals surface area contributed by atoms with E-state index in [9.17, 15) is 0 Å². The molecule has 4 rings (SSSR count). The summed E-state index contributed by atoms with van der Waals surface area (Å²) in [5.74, 6) is 0.872. The van der Waals surface area contributed by atoms with Crippen LogP contribution < -0.4 is 4.74 Å². The summed E-state index contributed by atoms with van der Waals surface area (Å²) in [4.78, 5) is 7.92. The van der Waals surface area contributed by atoms with E-state index in [1.165, 1.54) is 21.9 Å². The molecule has 0 saturated carbocycles. The van der Waals surface area contributed by atoms with E-state index in [-0.39, 0.29) is 0 Å². The Labute approximate surface area is 128 Å². The normalized spacial score (nSPS) is 11.1. The highest BCUT2D eigenvalue weighted by molar-refractivity contribution is 5.87. The molecule has 0 aliphatic rings. The molecule has 0 atom stereocenters. The number of nitrogens with one attached hydrogen (secondary N) is 1. The van der Waals surface area contributed by atoms with Crippen molar-refractivity contribution in [1.82, 2.24) is 9.97 Å². The Morgan fingerprint density at radius 1 is 1.05 bits per heavy atom. The summed E-state index contributed by atoms with van der Waals surface area (Å²) < 4.78 is 5.30. The van der Waals surface area contributed by atoms with Crippen molar-refractivity contribution in [2.24, 2.45) is 0 Å². The number of rotatable bonds is 3. The lowest BCUT2D eigenvalue weighted by Gasteiger charge is -2.07. The summed E-state index contributed by atoms with van der Waals surface area (Å²) >= 11 is 0. The average Bonchev–Trinajstić information content (AvgIpc) is 2.98. The van der Waals surface area contributed by atoms with Gasteiger partial charge in [-0.2, -0.15) is 0 Å². The molecular formula is C19H16N2O. The maximum absolute atomic E-state index is 5.30. The van der Waals surface area contributed by atoms with Crippen LogP contribution >= 0.6 is 0 Å². The molecular weight excluding hydrogens is 272 g/mol. The Balaban J connectivity index is 1.81. The van der Waals surface area contributed by atoms with E-state index in [4.69, 9.17) is 4.74 Å². The van der Waals surface area contributed by atoms with Crippen LogP contribution in [-0.4, -0.2) is 17.1 Å². The van der Waals surface area contributed by atoms with Crippen LogP contribution in [0, 0.1) is 0 Å². The minimum Gasteiger partial charge on any atom is -0.497 e. The van der Waals surface area contributed by atoms with Crippen LogP contribution in [0.15, 0.2) is 60.9 Å². The summed E-state index contributed by atoms with van der Waals surface area (Å²) in [5.41, 5.74) is 3.52. The molecule has 0 saturated heterocycles. The zero-order valence-electron chi connectivity index (χ0n) is 12.3. The number of nitrogens with zero attached hydrogens (tertiary/aromatic N) is 1. The van der Waals surface area contributed by atoms with Gasteiger partial charge in [-0.3, -0.25) is 4.98 Å². The van der Waals surface area contributed by atoms with Gasteiger partial charge in [-0.15, -0.1) is 0 Å². The van der Waals surface area contributed by atoms with Gasteiger partial charge >= 0.3 is 0 Å². The second kappa shape index (κ2) is 5.19. The van der Waals surface area contributed by atoms with Crippen LogP contribution in [0.25, 0.3) is 21.7 Å². The number of pyridine rings is 1. The SMILES string of the molecule is COc1ccc2c(Cc3c[nH]c4ccccc34)nccc2c1. The van der Waals surface area contributed by atoms with Gasteiger partial charge < -0.3 is 9.72 Å². The predicted octanol–water partition coefficient (Wildman–Crippen LogP) is 4.32. The number of hydrogen-bond acceptors (Lipinski definition) is 2. The monoisotopic (exact) mass is 288 g/mol. The van der Waals surface area contributed by atoms with Crippen LogP contribution in [0.5, 0.6) is 5.75 Å². The lowest BCUT2D eigenvalue weighted by molar-refractivity contribution is 0.415. The fourth-order valence-corrected chi connectivity index (χ4v) is 2.94. The van der Waals surface area contributed by atoms with E-state index >= 15 is 0 Å². The van der Waals surface area contributed by atoms with Gasteiger partial charge in [0.1, 0.15) is 5.75 Å². The van der Waals surface area contributed by atoms with Gasteiger partial charge in [0.2, 0.25) is 0 Å². The van der Waals surface area contributed by atoms with Crippen molar-refractivity contribution in [3.63, 3.8) is 0 Å². The number of H-pyrrole nitrogens is 1. The number of benzene rings is 2. The van der Waals surface area contributed by atoms with E-state index in [1.54, 1.807) is 7.11 Å². The van der Waals surface area contributed by atoms with Crippen molar-refractivity contribution >= 4 is 21.7 Å². The first-order valence-corrected chi connectivity index (χ1v) is 7.32. The molecule has 2 aromatic carbocycles. The molecule has 0 unspecified atom stereocenters. The standard InChI is InChI=1S/C19H16N2O/c1-22-15-6-7-17-13(10-15)8-9-20-19(17)11-14-12-21-18-5-3-2-4-16(14)18/h2-10,12,21H,11H2,1H3. The van der Waals surface area contributed by atoms with Crippen molar-refractivity contribution in [2.45, 2.75) is 6.42 Å². The van der Waals surface area contributed by atoms with E-state index in [0.717, 1.165) is 23.3 Å². The number of aromatic amines is 1. The van der Waals surface area contributed by atoms with Crippen molar-refractivity contribution in [3.8, 4) is 5.75 Å². The number of ether oxygens (including phenoxy) is 1. The molecule has 0 aliphatic heterocycles. The molecule has 0 fully saturated rings. The summed E-state index contributed by atoms with van der Waals surface area (Å²) in [7, 11) is 1.69. The number of methoxy groups -OCH3 is 1. The number of aromatic nitrogens is 2. The first-order chi connectivity index (χ1) is 10.8. The Bertz CT molecular complexity index is 956. The highest BCUT2D eigenvalue weighted by Gasteiger charge is 2.08. The molecule has 2 heterocycles. The van der Waals surface area contributed by atoms with Crippen LogP contribution in [-0.2, 0) is 6.42 Å². The number of fused-ring (bicyclic) bond motifs is 2. The third-order valence-electron chi connectivity index (χ3n) is 4.09. The Kier molecular flexibility index (Phi) is 3.04. The molecule has 0 bridgehead atoms. The van der Waals surface area contributed by atoms with Gasteiger partial charge in [-0.05, 0) is 41.3 Å². The van der Waals surface area contributed by atoms with Gasteiger partial charge in [-0.1, -0.05) is 18.2 Å². The van der Waals surface area contributed by atoms with Crippen LogP contribution in [0.3, 0.4) is 0 Å². The molecule has 0 spiro atoms. The van der Waals surface area contributed by atoms with Crippen molar-refractivity contribution in [1.29, 1.82) is 0 Å². The molecule has 0 aliphatic carbocycles. The molecule has 108 valence electrons. The third-order valence-corrected chi connectivity index (χ3v) is 4.09. The highest BCUT2D eigenvalue weighted by atomic mass is 16.5. The Hall–Kier alpha value is -2.81. The van der Waals surface area contributed by atoms with Crippen LogP contribution in [0.4, 0.5) is 0 Å². The Morgan fingerprint density at radius 2 is 1.95 bits per heavy atom. The zero-order chi connectivity index (χ0) is 14.9. The molecule has 3 nitrogen and oxygen atoms in total. The lowest BCUT2D eigenvalue weighted by atomic mass is 10.0. The van der Waals surface area contributed by atoms with E-state index in [1.807, 2.05) is 24.4 Å². The van der Waals surface area contributed by atoms with Crippen LogP contribution in [0.2, 0.25) is 0 Å². The maximum Gasteiger partial charge on any atom is 0.119 e. The van der Waals surface area contributed by atoms with E-state index < -0.39 is 0 Å². The second-order valence-corrected chi connectivity index (χ2v) is 5.38. The molecule has 4 aromatic rings. The molecule has 0 amide bonds. The summed E-state index contributed by atoms with van der Waals surface area (Å²) in [6.45, 7) is 0. The number of hydrogen-bond donors (Lipinski definition) is 1. The van der Waals surface area contributed by atoms with Gasteiger partial charge in [0, 0.05) is 35.1 Å². The fourth-order valence-electron chi connectivity index (χ4n) is 2.94. The van der Waals surface area contributed by atoms with Crippen molar-refractivity contribution in [2.75, 3.05) is 7.11 Å². The third kappa shape index (κ3) is 2.11. The minimum absolute atomic E-state index is 0.813. The van der Waals surface area contributed by atoms with Gasteiger partial charge in [0.25, 0.3) is 0 Å². The number of para-hydroxylation sites is 1. The van der Waals surface area contributed by atoms with E-state index in [0.29, 0.717) is 0 Å². The Morgan fingerprint density at radius 3 is 2.86 bits per heavy atom. The van der Waals surface area contributed by atoms with Crippen LogP contribution in [0.1, 0.15) is 11.3 Å². The molecule has 2 aromatic heterocycles. The average molecular weight is 288 g/mol. The quantitative estimate of drug-likeness (QED) is 0.610. The van der Waals surface area contributed by atoms with Gasteiger partial charge in [-0.25, -0.2) is 0 Å². The smallest absolute Gasteiger partial charge is 0.119 e. The first-order valence-electron chi connectivity index (χ1n) is 7.32. The topological polar surface area (TPSA) is 37.9 Å². The molecule has 3 heteroatoms. The second-order valence-electron chi connectivity index (χ2n) is 5.38. The summed E-state index contributed by atoms with van der Waals surface area (Å²) in [5, 5.41) is 3.59. The van der Waals surface area contributed by atoms with Crippen molar-refractivity contribution < 1.29 is 4.74 Å². The predicted molar refractivity (Wildman–Crippen MR) is 89.4 cm³/mol. The lowest BCUT2D eigenvalue weighted by Crippen LogP contribution is -1.93. The zero-order valence-corrected chi connectivity index (χ0v) is 12.3. The van der Waals surface area contributed by atoms with Gasteiger partial charge in [0.05, 0.1) is 12.8 Å². The maximum atomic E-state index is 5.30. The van der Waals surface area contributed by atoms with Gasteiger partial charge in [0.15, 0.2) is 0 Å².